The third kappa shape index (κ3) is 4.29. The Labute approximate surface area is 101 Å². The van der Waals surface area contributed by atoms with Crippen molar-refractivity contribution in [1.29, 1.82) is 0 Å². The molecule has 0 aromatic carbocycles. The van der Waals surface area contributed by atoms with Crippen LogP contribution in [-0.2, 0) is 14.8 Å². The Balaban J connectivity index is 2.55. The summed E-state index contributed by atoms with van der Waals surface area (Å²) < 4.78 is 31.0. The maximum absolute atomic E-state index is 11.8. The van der Waals surface area contributed by atoms with Gasteiger partial charge in [0.05, 0.1) is 5.69 Å². The summed E-state index contributed by atoms with van der Waals surface area (Å²) in [6.45, 7) is 0.983. The van der Waals surface area contributed by atoms with Crippen LogP contribution in [0.2, 0.25) is 0 Å². The van der Waals surface area contributed by atoms with Gasteiger partial charge in [0.15, 0.2) is 0 Å². The van der Waals surface area contributed by atoms with E-state index in [1.165, 1.54) is 18.5 Å². The number of nitrogens with zero attached hydrogens (tertiary/aromatic N) is 1. The predicted octanol–water partition coefficient (Wildman–Crippen LogP) is 0.369. The van der Waals surface area contributed by atoms with E-state index in [1.54, 1.807) is 7.11 Å². The predicted molar refractivity (Wildman–Crippen MR) is 64.9 cm³/mol. The van der Waals surface area contributed by atoms with E-state index in [0.29, 0.717) is 19.6 Å². The van der Waals surface area contributed by atoms with E-state index in [2.05, 4.69) is 9.71 Å². The second-order valence-corrected chi connectivity index (χ2v) is 5.25. The molecule has 0 saturated carbocycles. The average molecular weight is 259 g/mol. The Bertz CT molecular complexity index is 448. The van der Waals surface area contributed by atoms with Crippen LogP contribution in [0.4, 0.5) is 5.69 Å². The van der Waals surface area contributed by atoms with Gasteiger partial charge in [-0.25, -0.2) is 13.1 Å². The number of nitrogen functional groups attached to an aromatic ring is 1. The monoisotopic (exact) mass is 259 g/mol. The molecule has 0 spiro atoms. The van der Waals surface area contributed by atoms with Gasteiger partial charge in [0.1, 0.15) is 4.90 Å². The molecule has 0 amide bonds. The van der Waals surface area contributed by atoms with Gasteiger partial charge < -0.3 is 10.5 Å². The van der Waals surface area contributed by atoms with Crippen molar-refractivity contribution in [3.05, 3.63) is 18.5 Å². The van der Waals surface area contributed by atoms with Gasteiger partial charge >= 0.3 is 0 Å². The molecule has 6 nitrogen and oxygen atoms in total. The van der Waals surface area contributed by atoms with Crippen LogP contribution in [0.1, 0.15) is 12.8 Å². The molecule has 0 saturated heterocycles. The standard InChI is InChI=1S/C10H17N3O3S/c1-16-7-3-2-5-13-17(14,15)10-8-12-6-4-9(10)11/h4,6,8,13H,2-3,5,7H2,1H3,(H2,11,12). The highest BCUT2D eigenvalue weighted by atomic mass is 32.2. The molecule has 0 fully saturated rings. The number of nitrogens with one attached hydrogen (secondary N) is 1. The maximum Gasteiger partial charge on any atom is 0.244 e. The van der Waals surface area contributed by atoms with Crippen LogP contribution in [-0.4, -0.2) is 33.7 Å². The fourth-order valence-electron chi connectivity index (χ4n) is 1.27. The molecule has 0 atom stereocenters. The van der Waals surface area contributed by atoms with Crippen molar-refractivity contribution >= 4 is 15.7 Å². The molecule has 0 aliphatic heterocycles. The molecule has 0 radical (unpaired) electrons. The van der Waals surface area contributed by atoms with Crippen molar-refractivity contribution in [2.24, 2.45) is 0 Å². The van der Waals surface area contributed by atoms with Gasteiger partial charge in [-0.3, -0.25) is 4.98 Å². The highest BCUT2D eigenvalue weighted by molar-refractivity contribution is 7.89. The summed E-state index contributed by atoms with van der Waals surface area (Å²) in [6.07, 6.45) is 4.22. The Morgan fingerprint density at radius 1 is 1.47 bits per heavy atom. The minimum absolute atomic E-state index is 0.0201. The quantitative estimate of drug-likeness (QED) is 0.690. The SMILES string of the molecule is COCCCCNS(=O)(=O)c1cnccc1N. The second kappa shape index (κ2) is 6.53. The Kier molecular flexibility index (Phi) is 5.33. The number of ether oxygens (including phenoxy) is 1. The van der Waals surface area contributed by atoms with E-state index in [9.17, 15) is 8.42 Å². The van der Waals surface area contributed by atoms with Gasteiger partial charge in [-0.1, -0.05) is 0 Å². The Morgan fingerprint density at radius 2 is 2.24 bits per heavy atom. The zero-order valence-electron chi connectivity index (χ0n) is 9.72. The van der Waals surface area contributed by atoms with Crippen molar-refractivity contribution in [2.75, 3.05) is 26.0 Å². The molecule has 0 aliphatic rings. The number of methoxy groups -OCH3 is 1. The van der Waals surface area contributed by atoms with Gasteiger partial charge in [0.2, 0.25) is 10.0 Å². The minimum Gasteiger partial charge on any atom is -0.398 e. The van der Waals surface area contributed by atoms with Gasteiger partial charge in [0.25, 0.3) is 0 Å². The van der Waals surface area contributed by atoms with Crippen molar-refractivity contribution in [2.45, 2.75) is 17.7 Å². The number of sulfonamides is 1. The molecule has 3 N–H and O–H groups in total. The van der Waals surface area contributed by atoms with Crippen molar-refractivity contribution in [3.63, 3.8) is 0 Å². The van der Waals surface area contributed by atoms with Gasteiger partial charge in [-0.15, -0.1) is 0 Å². The van der Waals surface area contributed by atoms with Crippen molar-refractivity contribution in [1.82, 2.24) is 9.71 Å². The van der Waals surface area contributed by atoms with E-state index >= 15 is 0 Å². The maximum atomic E-state index is 11.8. The van der Waals surface area contributed by atoms with Gasteiger partial charge in [-0.05, 0) is 18.9 Å². The lowest BCUT2D eigenvalue weighted by atomic mass is 10.3. The number of pyridine rings is 1. The zero-order chi connectivity index (χ0) is 12.7. The minimum atomic E-state index is -3.56. The average Bonchev–Trinajstić information content (AvgIpc) is 2.29. The van der Waals surface area contributed by atoms with E-state index in [1.807, 2.05) is 0 Å². The van der Waals surface area contributed by atoms with Crippen LogP contribution in [0.5, 0.6) is 0 Å². The summed E-state index contributed by atoms with van der Waals surface area (Å²) in [5, 5.41) is 0. The smallest absolute Gasteiger partial charge is 0.244 e. The van der Waals surface area contributed by atoms with Crippen molar-refractivity contribution < 1.29 is 13.2 Å². The number of unbranched alkanes of at least 4 members (excludes halogenated alkanes) is 1. The molecular formula is C10H17N3O3S. The third-order valence-electron chi connectivity index (χ3n) is 2.17. The summed E-state index contributed by atoms with van der Waals surface area (Å²) in [5.74, 6) is 0. The molecular weight excluding hydrogens is 242 g/mol. The highest BCUT2D eigenvalue weighted by Gasteiger charge is 2.16. The first-order valence-electron chi connectivity index (χ1n) is 5.26. The van der Waals surface area contributed by atoms with Gasteiger partial charge in [-0.2, -0.15) is 0 Å². The number of anilines is 1. The van der Waals surface area contributed by atoms with E-state index in [-0.39, 0.29) is 10.6 Å². The molecule has 0 bridgehead atoms. The lowest BCUT2D eigenvalue weighted by Crippen LogP contribution is -2.25. The number of nitrogens with two attached hydrogens (primary N) is 1. The Morgan fingerprint density at radius 3 is 2.88 bits per heavy atom. The molecule has 17 heavy (non-hydrogen) atoms. The van der Waals surface area contributed by atoms with Crippen LogP contribution in [0.25, 0.3) is 0 Å². The number of rotatable bonds is 7. The molecule has 1 aromatic heterocycles. The number of hydrogen-bond acceptors (Lipinski definition) is 5. The summed E-state index contributed by atoms with van der Waals surface area (Å²) in [4.78, 5) is 3.77. The first-order valence-corrected chi connectivity index (χ1v) is 6.74. The molecule has 1 heterocycles. The van der Waals surface area contributed by atoms with Crippen LogP contribution >= 0.6 is 0 Å². The van der Waals surface area contributed by atoms with Crippen LogP contribution in [0, 0.1) is 0 Å². The van der Waals surface area contributed by atoms with E-state index in [4.69, 9.17) is 10.5 Å². The summed E-state index contributed by atoms with van der Waals surface area (Å²) >= 11 is 0. The number of hydrogen-bond donors (Lipinski definition) is 2. The molecule has 1 aromatic rings. The lowest BCUT2D eigenvalue weighted by Gasteiger charge is -2.08. The molecule has 0 aliphatic carbocycles. The first-order chi connectivity index (χ1) is 8.08. The third-order valence-corrected chi connectivity index (χ3v) is 3.68. The number of aromatic nitrogens is 1. The zero-order valence-corrected chi connectivity index (χ0v) is 10.5. The molecule has 7 heteroatoms. The van der Waals surface area contributed by atoms with E-state index in [0.717, 1.165) is 6.42 Å². The first kappa shape index (κ1) is 13.9. The van der Waals surface area contributed by atoms with Crippen LogP contribution in [0.3, 0.4) is 0 Å². The normalized spacial score (nSPS) is 11.6. The van der Waals surface area contributed by atoms with Crippen molar-refractivity contribution in [3.8, 4) is 0 Å². The fraction of sp³-hybridized carbons (Fsp3) is 0.500. The summed E-state index contributed by atoms with van der Waals surface area (Å²) in [6, 6.07) is 1.46. The topological polar surface area (TPSA) is 94.3 Å². The Hall–Kier alpha value is -1.18. The molecule has 96 valence electrons. The van der Waals surface area contributed by atoms with Crippen LogP contribution < -0.4 is 10.5 Å². The highest BCUT2D eigenvalue weighted by Crippen LogP contribution is 2.15. The fourth-order valence-corrected chi connectivity index (χ4v) is 2.42. The van der Waals surface area contributed by atoms with E-state index < -0.39 is 10.0 Å². The summed E-state index contributed by atoms with van der Waals surface area (Å²) in [5.41, 5.74) is 5.78. The van der Waals surface area contributed by atoms with Gasteiger partial charge in [0, 0.05) is 32.7 Å². The molecule has 0 unspecified atom stereocenters. The lowest BCUT2D eigenvalue weighted by molar-refractivity contribution is 0.193. The second-order valence-electron chi connectivity index (χ2n) is 3.51. The summed E-state index contributed by atoms with van der Waals surface area (Å²) in [7, 11) is -1.94. The molecule has 1 rings (SSSR count). The van der Waals surface area contributed by atoms with Crippen LogP contribution in [0.15, 0.2) is 23.4 Å². The largest absolute Gasteiger partial charge is 0.398 e.